The summed E-state index contributed by atoms with van der Waals surface area (Å²) in [5, 5.41) is 5.53. The highest BCUT2D eigenvalue weighted by molar-refractivity contribution is 9.10. The molecule has 188 valence electrons. The number of hydrogen-bond acceptors (Lipinski definition) is 7. The average Bonchev–Trinajstić information content (AvgIpc) is 3.64. The second-order valence-electron chi connectivity index (χ2n) is 8.37. The van der Waals surface area contributed by atoms with Gasteiger partial charge in [0.2, 0.25) is 5.91 Å². The van der Waals surface area contributed by atoms with Crippen LogP contribution in [0.15, 0.2) is 53.4 Å². The fourth-order valence-corrected chi connectivity index (χ4v) is 3.95. The molecule has 3 aromatic rings. The molecule has 0 unspecified atom stereocenters. The minimum Gasteiger partial charge on any atom is -0.467 e. The highest BCUT2D eigenvalue weighted by Gasteiger charge is 2.51. The summed E-state index contributed by atoms with van der Waals surface area (Å²) in [7, 11) is 1.42. The summed E-state index contributed by atoms with van der Waals surface area (Å²) < 4.78 is 45.2. The van der Waals surface area contributed by atoms with E-state index in [4.69, 9.17) is 4.74 Å². The molecule has 0 spiro atoms. The lowest BCUT2D eigenvalue weighted by molar-refractivity contribution is -0.137. The van der Waals surface area contributed by atoms with Gasteiger partial charge in [0.25, 0.3) is 0 Å². The van der Waals surface area contributed by atoms with E-state index in [9.17, 15) is 22.8 Å². The van der Waals surface area contributed by atoms with Crippen LogP contribution in [0.1, 0.15) is 40.9 Å². The molecular weight excluding hydrogens is 543 g/mol. The molecule has 1 aliphatic rings. The first kappa shape index (κ1) is 25.5. The van der Waals surface area contributed by atoms with Crippen LogP contribution in [-0.4, -0.2) is 33.8 Å². The van der Waals surface area contributed by atoms with Gasteiger partial charge in [0.15, 0.2) is 5.78 Å². The van der Waals surface area contributed by atoms with Crippen molar-refractivity contribution in [3.8, 4) is 6.01 Å². The lowest BCUT2D eigenvalue weighted by atomic mass is 9.96. The molecule has 2 heterocycles. The highest BCUT2D eigenvalue weighted by atomic mass is 79.9. The molecule has 0 radical (unpaired) electrons. The first-order valence-electron chi connectivity index (χ1n) is 10.9. The van der Waals surface area contributed by atoms with Crippen molar-refractivity contribution < 1.29 is 27.5 Å². The van der Waals surface area contributed by atoms with Gasteiger partial charge < -0.3 is 15.4 Å². The number of ketones is 1. The summed E-state index contributed by atoms with van der Waals surface area (Å²) in [6, 6.07) is 7.17. The van der Waals surface area contributed by atoms with Crippen LogP contribution in [0.2, 0.25) is 0 Å². The summed E-state index contributed by atoms with van der Waals surface area (Å²) in [5.41, 5.74) is -0.488. The first-order valence-corrected chi connectivity index (χ1v) is 11.7. The Labute approximate surface area is 212 Å². The normalized spacial score (nSPS) is 14.1. The number of carbonyl (C=O) groups is 2. The monoisotopic (exact) mass is 563 g/mol. The molecule has 2 aromatic heterocycles. The van der Waals surface area contributed by atoms with Crippen molar-refractivity contribution in [2.24, 2.45) is 5.41 Å². The van der Waals surface area contributed by atoms with E-state index in [-0.39, 0.29) is 36.4 Å². The molecule has 2 N–H and O–H groups in total. The van der Waals surface area contributed by atoms with Gasteiger partial charge in [-0.05, 0) is 43.2 Å². The SMILES string of the molecule is COc1ncc(C(=O)CC2(C(=O)NCc3ccc(Nc4ccc(Br)cc4C(F)(F)F)cn3)CC2)cn1. The number of methoxy groups -OCH3 is 1. The fourth-order valence-electron chi connectivity index (χ4n) is 3.59. The van der Waals surface area contributed by atoms with Crippen molar-refractivity contribution in [1.82, 2.24) is 20.3 Å². The highest BCUT2D eigenvalue weighted by Crippen LogP contribution is 2.49. The molecule has 1 aliphatic carbocycles. The number of halogens is 4. The second kappa shape index (κ2) is 10.2. The maximum Gasteiger partial charge on any atom is 0.418 e. The van der Waals surface area contributed by atoms with Crippen LogP contribution in [0.5, 0.6) is 6.01 Å². The van der Waals surface area contributed by atoms with Gasteiger partial charge in [0.05, 0.1) is 53.5 Å². The Bertz CT molecular complexity index is 1260. The van der Waals surface area contributed by atoms with Crippen LogP contribution >= 0.6 is 15.9 Å². The molecule has 36 heavy (non-hydrogen) atoms. The predicted octanol–water partition coefficient (Wildman–Crippen LogP) is 5.07. The third kappa shape index (κ3) is 5.99. The molecule has 1 aromatic carbocycles. The zero-order chi connectivity index (χ0) is 25.9. The molecule has 8 nitrogen and oxygen atoms in total. The maximum atomic E-state index is 13.3. The number of pyridine rings is 1. The van der Waals surface area contributed by atoms with E-state index < -0.39 is 17.2 Å². The van der Waals surface area contributed by atoms with E-state index in [0.29, 0.717) is 34.3 Å². The second-order valence-corrected chi connectivity index (χ2v) is 9.29. The zero-order valence-electron chi connectivity index (χ0n) is 19.0. The van der Waals surface area contributed by atoms with Crippen LogP contribution in [-0.2, 0) is 17.5 Å². The van der Waals surface area contributed by atoms with Crippen LogP contribution in [0.25, 0.3) is 0 Å². The summed E-state index contributed by atoms with van der Waals surface area (Å²) in [6.07, 6.45) is 0.827. The smallest absolute Gasteiger partial charge is 0.418 e. The predicted molar refractivity (Wildman–Crippen MR) is 128 cm³/mol. The Balaban J connectivity index is 1.34. The van der Waals surface area contributed by atoms with Gasteiger partial charge in [-0.2, -0.15) is 13.2 Å². The zero-order valence-corrected chi connectivity index (χ0v) is 20.6. The summed E-state index contributed by atoms with van der Waals surface area (Å²) in [6.45, 7) is 0.118. The van der Waals surface area contributed by atoms with Gasteiger partial charge in [-0.1, -0.05) is 15.9 Å². The minimum atomic E-state index is -4.52. The number of amides is 1. The number of ether oxygens (including phenoxy) is 1. The number of hydrogen-bond donors (Lipinski definition) is 2. The molecule has 0 saturated heterocycles. The van der Waals surface area contributed by atoms with Gasteiger partial charge in [-0.25, -0.2) is 9.97 Å². The van der Waals surface area contributed by atoms with Gasteiger partial charge in [0, 0.05) is 23.3 Å². The maximum absolute atomic E-state index is 13.3. The quantitative estimate of drug-likeness (QED) is 0.350. The molecular formula is C24H21BrF3N5O3. The first-order chi connectivity index (χ1) is 17.1. The number of nitrogens with zero attached hydrogens (tertiary/aromatic N) is 3. The largest absolute Gasteiger partial charge is 0.467 e. The molecule has 4 rings (SSSR count). The topological polar surface area (TPSA) is 106 Å². The van der Waals surface area contributed by atoms with Crippen LogP contribution in [0, 0.1) is 5.41 Å². The molecule has 1 saturated carbocycles. The Hall–Kier alpha value is -3.54. The summed E-state index contributed by atoms with van der Waals surface area (Å²) in [5.74, 6) is -0.482. The Kier molecular flexibility index (Phi) is 7.25. The number of anilines is 2. The van der Waals surface area contributed by atoms with Crippen LogP contribution < -0.4 is 15.4 Å². The molecule has 0 atom stereocenters. The average molecular weight is 564 g/mol. The van der Waals surface area contributed by atoms with Gasteiger partial charge in [0.1, 0.15) is 0 Å². The number of alkyl halides is 3. The van der Waals surface area contributed by atoms with Gasteiger partial charge >= 0.3 is 12.2 Å². The van der Waals surface area contributed by atoms with E-state index in [2.05, 4.69) is 41.5 Å². The Morgan fingerprint density at radius 1 is 1.08 bits per heavy atom. The van der Waals surface area contributed by atoms with Gasteiger partial charge in [-0.3, -0.25) is 14.6 Å². The van der Waals surface area contributed by atoms with Crippen molar-refractivity contribution in [3.05, 3.63) is 70.2 Å². The van der Waals surface area contributed by atoms with Crippen molar-refractivity contribution >= 4 is 39.0 Å². The number of carbonyl (C=O) groups excluding carboxylic acids is 2. The lowest BCUT2D eigenvalue weighted by Crippen LogP contribution is -2.33. The van der Waals surface area contributed by atoms with E-state index in [1.807, 2.05) is 0 Å². The third-order valence-corrected chi connectivity index (χ3v) is 6.28. The van der Waals surface area contributed by atoms with E-state index in [1.165, 1.54) is 37.8 Å². The third-order valence-electron chi connectivity index (χ3n) is 5.79. The van der Waals surface area contributed by atoms with E-state index >= 15 is 0 Å². The van der Waals surface area contributed by atoms with Crippen molar-refractivity contribution in [1.29, 1.82) is 0 Å². The van der Waals surface area contributed by atoms with E-state index in [1.54, 1.807) is 12.1 Å². The molecule has 0 aliphatic heterocycles. The van der Waals surface area contributed by atoms with Crippen LogP contribution in [0.4, 0.5) is 24.5 Å². The molecule has 1 amide bonds. The lowest BCUT2D eigenvalue weighted by Gasteiger charge is -2.16. The summed E-state index contributed by atoms with van der Waals surface area (Å²) in [4.78, 5) is 37.4. The standard InChI is InChI=1S/C24H21BrF3N5O3/c1-36-22-31-10-14(11-32-22)20(34)9-23(6-7-23)21(35)30-12-16-3-4-17(13-29-16)33-19-5-2-15(25)8-18(19)24(26,27)28/h2-5,8,10-11,13,33H,6-7,9,12H2,1H3,(H,30,35). The van der Waals surface area contributed by atoms with Crippen molar-refractivity contribution in [3.63, 3.8) is 0 Å². The minimum absolute atomic E-state index is 0.0412. The number of nitrogens with one attached hydrogen (secondary N) is 2. The Morgan fingerprint density at radius 2 is 1.81 bits per heavy atom. The van der Waals surface area contributed by atoms with Crippen molar-refractivity contribution in [2.45, 2.75) is 32.0 Å². The van der Waals surface area contributed by atoms with Gasteiger partial charge in [-0.15, -0.1) is 0 Å². The van der Waals surface area contributed by atoms with Crippen LogP contribution in [0.3, 0.4) is 0 Å². The number of Topliss-reactive ketones (excluding diaryl/α,β-unsaturated/α-hetero) is 1. The fraction of sp³-hybridized carbons (Fsp3) is 0.292. The molecule has 1 fully saturated rings. The van der Waals surface area contributed by atoms with E-state index in [0.717, 1.165) is 6.07 Å². The molecule has 12 heteroatoms. The number of rotatable bonds is 9. The molecule has 0 bridgehead atoms. The Morgan fingerprint density at radius 3 is 2.39 bits per heavy atom. The van der Waals surface area contributed by atoms with Crippen molar-refractivity contribution in [2.75, 3.05) is 12.4 Å². The summed E-state index contributed by atoms with van der Waals surface area (Å²) >= 11 is 3.06. The number of aromatic nitrogens is 3. The number of benzene rings is 1.